The molecule has 0 aliphatic heterocycles. The molecule has 1 aliphatic rings. The second-order valence-electron chi connectivity index (χ2n) is 5.92. The van der Waals surface area contributed by atoms with Crippen molar-refractivity contribution in [2.45, 2.75) is 32.2 Å². The van der Waals surface area contributed by atoms with Crippen LogP contribution < -0.4 is 15.8 Å². The minimum Gasteiger partial charge on any atom is -0.494 e. The number of anilines is 1. The number of guanidine groups is 1. The molecule has 128 valence electrons. The number of halogens is 1. The van der Waals surface area contributed by atoms with E-state index in [1.54, 1.807) is 0 Å². The molecule has 5 heteroatoms. The molecular formula is C19H24IN3O. The van der Waals surface area contributed by atoms with Crippen molar-refractivity contribution in [2.75, 3.05) is 11.9 Å². The van der Waals surface area contributed by atoms with E-state index in [0.717, 1.165) is 17.9 Å². The van der Waals surface area contributed by atoms with E-state index < -0.39 is 0 Å². The fraction of sp³-hybridized carbons (Fsp3) is 0.316. The number of aryl methyl sites for hydroxylation is 1. The quantitative estimate of drug-likeness (QED) is 0.417. The van der Waals surface area contributed by atoms with Crippen LogP contribution in [0.5, 0.6) is 5.75 Å². The summed E-state index contributed by atoms with van der Waals surface area (Å²) in [5.74, 6) is 1.86. The molecular weight excluding hydrogens is 413 g/mol. The number of ether oxygens (including phenoxy) is 1. The summed E-state index contributed by atoms with van der Waals surface area (Å²) in [7, 11) is 0. The van der Waals surface area contributed by atoms with Gasteiger partial charge in [0.15, 0.2) is 5.96 Å². The van der Waals surface area contributed by atoms with Crippen LogP contribution in [0.15, 0.2) is 53.5 Å². The fourth-order valence-corrected chi connectivity index (χ4v) is 2.74. The number of aliphatic imine (C=N–C) groups is 1. The zero-order chi connectivity index (χ0) is 16.2. The molecule has 0 aromatic heterocycles. The molecule has 24 heavy (non-hydrogen) atoms. The molecule has 2 atom stereocenters. The van der Waals surface area contributed by atoms with E-state index in [1.165, 1.54) is 11.1 Å². The molecule has 4 nitrogen and oxygen atoms in total. The molecule has 3 rings (SSSR count). The predicted octanol–water partition coefficient (Wildman–Crippen LogP) is 4.29. The Morgan fingerprint density at radius 3 is 2.67 bits per heavy atom. The van der Waals surface area contributed by atoms with Crippen LogP contribution in [-0.2, 0) is 0 Å². The Morgan fingerprint density at radius 1 is 1.25 bits per heavy atom. The Balaban J connectivity index is 0.00000208. The molecule has 0 spiro atoms. The van der Waals surface area contributed by atoms with Gasteiger partial charge in [-0.15, -0.1) is 24.0 Å². The fourth-order valence-electron chi connectivity index (χ4n) is 2.74. The summed E-state index contributed by atoms with van der Waals surface area (Å²) < 4.78 is 5.47. The number of nitrogens with one attached hydrogen (secondary N) is 1. The molecule has 0 heterocycles. The number of nitrogens with zero attached hydrogens (tertiary/aromatic N) is 1. The van der Waals surface area contributed by atoms with Crippen LogP contribution in [0, 0.1) is 6.92 Å². The van der Waals surface area contributed by atoms with Crippen LogP contribution >= 0.6 is 24.0 Å². The highest BCUT2D eigenvalue weighted by Gasteiger charge is 2.38. The van der Waals surface area contributed by atoms with Gasteiger partial charge in [-0.2, -0.15) is 0 Å². The number of hydrogen-bond acceptors (Lipinski definition) is 2. The molecule has 0 radical (unpaired) electrons. The van der Waals surface area contributed by atoms with Gasteiger partial charge in [0.2, 0.25) is 0 Å². The Labute approximate surface area is 160 Å². The van der Waals surface area contributed by atoms with E-state index in [0.29, 0.717) is 18.5 Å². The van der Waals surface area contributed by atoms with Gasteiger partial charge in [0.05, 0.1) is 12.6 Å². The van der Waals surface area contributed by atoms with Gasteiger partial charge in [-0.3, -0.25) is 0 Å². The minimum absolute atomic E-state index is 0. The van der Waals surface area contributed by atoms with Crippen molar-refractivity contribution in [1.29, 1.82) is 0 Å². The largest absolute Gasteiger partial charge is 0.494 e. The van der Waals surface area contributed by atoms with E-state index in [9.17, 15) is 0 Å². The van der Waals surface area contributed by atoms with Gasteiger partial charge in [0.25, 0.3) is 0 Å². The lowest BCUT2D eigenvalue weighted by Gasteiger charge is -2.06. The maximum Gasteiger partial charge on any atom is 0.193 e. The molecule has 0 unspecified atom stereocenters. The Morgan fingerprint density at radius 2 is 2.00 bits per heavy atom. The molecule has 0 bridgehead atoms. The zero-order valence-corrected chi connectivity index (χ0v) is 16.4. The lowest BCUT2D eigenvalue weighted by Crippen LogP contribution is -2.23. The summed E-state index contributed by atoms with van der Waals surface area (Å²) in [4.78, 5) is 4.58. The highest BCUT2D eigenvalue weighted by atomic mass is 127. The summed E-state index contributed by atoms with van der Waals surface area (Å²) in [5.41, 5.74) is 9.49. The van der Waals surface area contributed by atoms with Crippen LogP contribution in [0.2, 0.25) is 0 Å². The van der Waals surface area contributed by atoms with Gasteiger partial charge < -0.3 is 15.8 Å². The first-order valence-corrected chi connectivity index (χ1v) is 8.05. The van der Waals surface area contributed by atoms with E-state index in [4.69, 9.17) is 10.5 Å². The van der Waals surface area contributed by atoms with Crippen LogP contribution in [0.3, 0.4) is 0 Å². The summed E-state index contributed by atoms with van der Waals surface area (Å²) >= 11 is 0. The smallest absolute Gasteiger partial charge is 0.193 e. The standard InChI is InChI=1S/C19H23N3O.HI/c1-3-23-16-9-7-14(8-10-16)17-12-18(17)22-19(20)21-15-6-4-5-13(2)11-15;/h4-11,17-18H,3,12H2,1-2H3,(H3,20,21,22);1H/t17-,18+;/m0./s1. The Hall–Kier alpha value is -1.76. The summed E-state index contributed by atoms with van der Waals surface area (Å²) in [6.45, 7) is 4.74. The highest BCUT2D eigenvalue weighted by Crippen LogP contribution is 2.43. The van der Waals surface area contributed by atoms with Crippen LogP contribution in [0.4, 0.5) is 5.69 Å². The van der Waals surface area contributed by atoms with Crippen molar-refractivity contribution in [3.05, 3.63) is 59.7 Å². The van der Waals surface area contributed by atoms with Crippen molar-refractivity contribution >= 4 is 35.6 Å². The second-order valence-corrected chi connectivity index (χ2v) is 5.92. The van der Waals surface area contributed by atoms with Gasteiger partial charge in [-0.25, -0.2) is 4.99 Å². The van der Waals surface area contributed by atoms with Crippen molar-refractivity contribution in [1.82, 2.24) is 0 Å². The maximum absolute atomic E-state index is 6.02. The molecule has 1 saturated carbocycles. The van der Waals surface area contributed by atoms with Crippen LogP contribution in [-0.4, -0.2) is 18.6 Å². The van der Waals surface area contributed by atoms with Gasteiger partial charge in [0.1, 0.15) is 5.75 Å². The molecule has 0 amide bonds. The molecule has 2 aromatic rings. The lowest BCUT2D eigenvalue weighted by atomic mass is 10.1. The van der Waals surface area contributed by atoms with Crippen molar-refractivity contribution < 1.29 is 4.74 Å². The zero-order valence-electron chi connectivity index (χ0n) is 14.0. The molecule has 2 aromatic carbocycles. The minimum atomic E-state index is 0. The highest BCUT2D eigenvalue weighted by molar-refractivity contribution is 14.0. The molecule has 1 aliphatic carbocycles. The summed E-state index contributed by atoms with van der Waals surface area (Å²) in [5, 5.41) is 3.16. The third kappa shape index (κ3) is 4.87. The van der Waals surface area contributed by atoms with Gasteiger partial charge in [-0.05, 0) is 55.7 Å². The third-order valence-electron chi connectivity index (χ3n) is 3.97. The van der Waals surface area contributed by atoms with Gasteiger partial charge in [-0.1, -0.05) is 24.3 Å². The molecule has 3 N–H and O–H groups in total. The lowest BCUT2D eigenvalue weighted by molar-refractivity contribution is 0.340. The monoisotopic (exact) mass is 437 g/mol. The molecule has 1 fully saturated rings. The molecule has 0 saturated heterocycles. The number of benzene rings is 2. The van der Waals surface area contributed by atoms with E-state index in [-0.39, 0.29) is 30.0 Å². The van der Waals surface area contributed by atoms with E-state index in [1.807, 2.05) is 31.2 Å². The van der Waals surface area contributed by atoms with Crippen LogP contribution in [0.25, 0.3) is 0 Å². The average molecular weight is 437 g/mol. The SMILES string of the molecule is CCOc1ccc([C@@H]2C[C@H]2N=C(N)Nc2cccc(C)c2)cc1.I. The van der Waals surface area contributed by atoms with E-state index >= 15 is 0 Å². The summed E-state index contributed by atoms with van der Waals surface area (Å²) in [6, 6.07) is 16.7. The first kappa shape index (κ1) is 18.6. The number of hydrogen-bond donors (Lipinski definition) is 2. The average Bonchev–Trinajstić information content (AvgIpc) is 3.27. The Bertz CT molecular complexity index is 700. The Kier molecular flexibility index (Phi) is 6.48. The van der Waals surface area contributed by atoms with Gasteiger partial charge in [0, 0.05) is 11.6 Å². The van der Waals surface area contributed by atoms with Crippen molar-refractivity contribution in [3.63, 3.8) is 0 Å². The van der Waals surface area contributed by atoms with E-state index in [2.05, 4.69) is 41.5 Å². The number of nitrogens with two attached hydrogens (primary N) is 1. The maximum atomic E-state index is 6.02. The van der Waals surface area contributed by atoms with Crippen molar-refractivity contribution in [3.8, 4) is 5.75 Å². The third-order valence-corrected chi connectivity index (χ3v) is 3.97. The van der Waals surface area contributed by atoms with Gasteiger partial charge >= 0.3 is 0 Å². The number of rotatable bonds is 5. The summed E-state index contributed by atoms with van der Waals surface area (Å²) in [6.07, 6.45) is 1.05. The first-order chi connectivity index (χ1) is 11.2. The normalized spacial score (nSPS) is 19.3. The van der Waals surface area contributed by atoms with Crippen LogP contribution in [0.1, 0.15) is 30.4 Å². The first-order valence-electron chi connectivity index (χ1n) is 8.05. The topological polar surface area (TPSA) is 59.6 Å². The predicted molar refractivity (Wildman–Crippen MR) is 111 cm³/mol. The second kappa shape index (κ2) is 8.37. The van der Waals surface area contributed by atoms with Crippen molar-refractivity contribution in [2.24, 2.45) is 10.7 Å².